The van der Waals surface area contributed by atoms with E-state index in [-0.39, 0.29) is 0 Å². The number of aromatic nitrogens is 2. The van der Waals surface area contributed by atoms with E-state index < -0.39 is 0 Å². The number of pyridine rings is 2. The molecule has 3 nitrogen and oxygen atoms in total. The second-order valence-electron chi connectivity index (χ2n) is 13.3. The Bertz CT molecular complexity index is 2540. The van der Waals surface area contributed by atoms with Crippen molar-refractivity contribution in [2.24, 2.45) is 0 Å². The van der Waals surface area contributed by atoms with Crippen LogP contribution in [0.1, 0.15) is 29.0 Å². The minimum absolute atomic E-state index is 0.485. The Hall–Kier alpha value is -6.06. The molecule has 0 spiro atoms. The van der Waals surface area contributed by atoms with Crippen molar-refractivity contribution in [2.45, 2.75) is 25.2 Å². The van der Waals surface area contributed by atoms with Crippen LogP contribution in [0, 0.1) is 0 Å². The molecule has 2 aliphatic rings. The molecule has 3 heteroatoms. The Labute approximate surface area is 286 Å². The first-order valence-electron chi connectivity index (χ1n) is 17.2. The van der Waals surface area contributed by atoms with E-state index in [4.69, 9.17) is 9.97 Å². The van der Waals surface area contributed by atoms with Crippen molar-refractivity contribution in [2.75, 3.05) is 4.90 Å². The van der Waals surface area contributed by atoms with Crippen molar-refractivity contribution in [1.29, 1.82) is 0 Å². The third kappa shape index (κ3) is 4.57. The molecule has 0 saturated carbocycles. The largest absolute Gasteiger partial charge is 0.294 e. The molecule has 0 N–H and O–H groups in total. The van der Waals surface area contributed by atoms with E-state index in [2.05, 4.69) is 157 Å². The van der Waals surface area contributed by atoms with Crippen LogP contribution < -0.4 is 4.90 Å². The average Bonchev–Trinajstić information content (AvgIpc) is 3.32. The zero-order chi connectivity index (χ0) is 32.3. The van der Waals surface area contributed by atoms with E-state index >= 15 is 0 Å². The summed E-state index contributed by atoms with van der Waals surface area (Å²) in [6, 6.07) is 55.1. The molecule has 1 aliphatic heterocycles. The molecule has 0 saturated heterocycles. The first-order valence-corrected chi connectivity index (χ1v) is 17.2. The molecule has 0 radical (unpaired) electrons. The number of rotatable bonds is 4. The molecule has 8 aromatic rings. The molecule has 0 bridgehead atoms. The number of aryl methyl sites for hydroxylation is 1. The average molecular weight is 628 g/mol. The van der Waals surface area contributed by atoms with Crippen molar-refractivity contribution >= 4 is 38.9 Å². The van der Waals surface area contributed by atoms with Gasteiger partial charge in [0.15, 0.2) is 0 Å². The van der Waals surface area contributed by atoms with Crippen LogP contribution in [0.2, 0.25) is 0 Å². The van der Waals surface area contributed by atoms with Crippen molar-refractivity contribution in [3.05, 3.63) is 175 Å². The van der Waals surface area contributed by atoms with Crippen molar-refractivity contribution < 1.29 is 0 Å². The number of benzene rings is 6. The van der Waals surface area contributed by atoms with E-state index in [9.17, 15) is 0 Å². The van der Waals surface area contributed by atoms with Gasteiger partial charge < -0.3 is 0 Å². The number of nitrogens with zero attached hydrogens (tertiary/aromatic N) is 3. The van der Waals surface area contributed by atoms with Gasteiger partial charge in [0.2, 0.25) is 0 Å². The Morgan fingerprint density at radius 1 is 0.612 bits per heavy atom. The molecule has 1 aliphatic carbocycles. The third-order valence-corrected chi connectivity index (χ3v) is 10.5. The van der Waals surface area contributed by atoms with Gasteiger partial charge in [0.1, 0.15) is 5.82 Å². The van der Waals surface area contributed by atoms with E-state index in [1.807, 2.05) is 6.20 Å². The lowest BCUT2D eigenvalue weighted by molar-refractivity contribution is 0.629. The second kappa shape index (κ2) is 11.3. The van der Waals surface area contributed by atoms with E-state index in [0.717, 1.165) is 64.0 Å². The lowest BCUT2D eigenvalue weighted by Gasteiger charge is -2.32. The third-order valence-electron chi connectivity index (χ3n) is 10.5. The van der Waals surface area contributed by atoms with Gasteiger partial charge in [-0.05, 0) is 112 Å². The van der Waals surface area contributed by atoms with Crippen LogP contribution in [0.5, 0.6) is 0 Å². The Morgan fingerprint density at radius 2 is 1.35 bits per heavy atom. The monoisotopic (exact) mass is 627 g/mol. The quantitative estimate of drug-likeness (QED) is 0.182. The lowest BCUT2D eigenvalue weighted by Crippen LogP contribution is -2.17. The van der Waals surface area contributed by atoms with Crippen LogP contribution in [0.3, 0.4) is 0 Å². The van der Waals surface area contributed by atoms with E-state index in [1.165, 1.54) is 44.3 Å². The van der Waals surface area contributed by atoms with Crippen LogP contribution >= 0.6 is 0 Å². The highest BCUT2D eigenvalue weighted by Gasteiger charge is 2.30. The number of para-hydroxylation sites is 2. The summed E-state index contributed by atoms with van der Waals surface area (Å²) in [6.45, 7) is 0. The highest BCUT2D eigenvalue weighted by Crippen LogP contribution is 2.51. The van der Waals surface area contributed by atoms with Crippen molar-refractivity contribution in [3.63, 3.8) is 0 Å². The maximum absolute atomic E-state index is 5.27. The summed E-state index contributed by atoms with van der Waals surface area (Å²) in [6.07, 6.45) is 5.23. The Morgan fingerprint density at radius 3 is 2.22 bits per heavy atom. The lowest BCUT2D eigenvalue weighted by atomic mass is 9.86. The smallest absolute Gasteiger partial charge is 0.148 e. The molecule has 6 aromatic carbocycles. The molecular weight excluding hydrogens is 595 g/mol. The standard InChI is InChI=1S/C46H33N3/c1-3-11-30(12-4-1)27-34-22-20-31-19-21-32(28-40(31)37-16-8-7-15-36(34)37)33-23-24-43-41(29-33)45-44-39(25-26-47-45)38-17-9-10-18-42(38)48-46(44)49(43)35-13-5-2-6-14-35/h1-19,21,23-26,28-29,34H,20,22,27H2. The Balaban J connectivity index is 1.13. The van der Waals surface area contributed by atoms with Gasteiger partial charge >= 0.3 is 0 Å². The summed E-state index contributed by atoms with van der Waals surface area (Å²) in [5.74, 6) is 1.41. The molecule has 1 atom stereocenters. The zero-order valence-electron chi connectivity index (χ0n) is 27.1. The fourth-order valence-corrected chi connectivity index (χ4v) is 8.22. The van der Waals surface area contributed by atoms with Crippen LogP contribution in [0.15, 0.2) is 158 Å². The fourth-order valence-electron chi connectivity index (χ4n) is 8.22. The van der Waals surface area contributed by atoms with Gasteiger partial charge in [0.05, 0.1) is 22.3 Å². The van der Waals surface area contributed by atoms with Crippen molar-refractivity contribution in [1.82, 2.24) is 9.97 Å². The predicted octanol–water partition coefficient (Wildman–Crippen LogP) is 11.8. The topological polar surface area (TPSA) is 29.0 Å². The highest BCUT2D eigenvalue weighted by atomic mass is 15.2. The first kappa shape index (κ1) is 28.0. The first-order chi connectivity index (χ1) is 24.3. The van der Waals surface area contributed by atoms with Crippen LogP contribution in [0.4, 0.5) is 17.2 Å². The molecule has 2 aromatic heterocycles. The normalized spacial score (nSPS) is 14.6. The van der Waals surface area contributed by atoms with E-state index in [0.29, 0.717) is 5.92 Å². The number of anilines is 3. The summed E-state index contributed by atoms with van der Waals surface area (Å²) in [7, 11) is 0. The predicted molar refractivity (Wildman–Crippen MR) is 203 cm³/mol. The van der Waals surface area contributed by atoms with Gasteiger partial charge in [0.25, 0.3) is 0 Å². The minimum Gasteiger partial charge on any atom is -0.294 e. The number of fused-ring (bicyclic) bond motifs is 7. The molecule has 49 heavy (non-hydrogen) atoms. The van der Waals surface area contributed by atoms with Gasteiger partial charge in [-0.1, -0.05) is 109 Å². The van der Waals surface area contributed by atoms with Crippen LogP contribution in [-0.4, -0.2) is 9.97 Å². The summed E-state index contributed by atoms with van der Waals surface area (Å²) in [5.41, 5.74) is 14.7. The Kier molecular flexibility index (Phi) is 6.45. The summed E-state index contributed by atoms with van der Waals surface area (Å²) >= 11 is 0. The van der Waals surface area contributed by atoms with Gasteiger partial charge in [-0.3, -0.25) is 9.88 Å². The summed E-state index contributed by atoms with van der Waals surface area (Å²) in [5, 5.41) is 3.41. The number of hydrogen-bond donors (Lipinski definition) is 0. The van der Waals surface area contributed by atoms with Gasteiger partial charge in [-0.25, -0.2) is 4.98 Å². The zero-order valence-corrected chi connectivity index (χ0v) is 27.1. The minimum atomic E-state index is 0.485. The molecule has 0 fully saturated rings. The second-order valence-corrected chi connectivity index (χ2v) is 13.3. The van der Waals surface area contributed by atoms with Crippen LogP contribution in [-0.2, 0) is 12.8 Å². The molecule has 1 unspecified atom stereocenters. The molecule has 10 rings (SSSR count). The van der Waals surface area contributed by atoms with Gasteiger partial charge in [-0.2, -0.15) is 0 Å². The van der Waals surface area contributed by atoms with Crippen molar-refractivity contribution in [3.8, 4) is 33.5 Å². The van der Waals surface area contributed by atoms with Gasteiger partial charge in [-0.15, -0.1) is 0 Å². The SMILES string of the molecule is c1ccc(CC2CCc3ccc(-c4ccc5c(c4)-c4nccc6c4c(nc4ccccc46)N5c4ccccc4)cc3-c3ccccc32)cc1. The molecule has 232 valence electrons. The van der Waals surface area contributed by atoms with E-state index in [1.54, 1.807) is 0 Å². The highest BCUT2D eigenvalue weighted by molar-refractivity contribution is 6.19. The molecule has 3 heterocycles. The maximum Gasteiger partial charge on any atom is 0.148 e. The summed E-state index contributed by atoms with van der Waals surface area (Å²) in [4.78, 5) is 12.6. The molecule has 0 amide bonds. The van der Waals surface area contributed by atoms with Gasteiger partial charge in [0, 0.05) is 22.8 Å². The molecular formula is C46H33N3. The number of hydrogen-bond acceptors (Lipinski definition) is 3. The maximum atomic E-state index is 5.27. The van der Waals surface area contributed by atoms with Crippen LogP contribution in [0.25, 0.3) is 55.2 Å². The summed E-state index contributed by atoms with van der Waals surface area (Å²) < 4.78 is 0. The fraction of sp³-hybridized carbons (Fsp3) is 0.0870.